The van der Waals surface area contributed by atoms with Crippen LogP contribution in [0.2, 0.25) is 0 Å². The van der Waals surface area contributed by atoms with Gasteiger partial charge in [0.1, 0.15) is 12.2 Å². The van der Waals surface area contributed by atoms with Crippen molar-refractivity contribution in [2.45, 2.75) is 39.1 Å². The van der Waals surface area contributed by atoms with E-state index in [0.717, 1.165) is 22.1 Å². The summed E-state index contributed by atoms with van der Waals surface area (Å²) in [5.41, 5.74) is 2.88. The molecule has 0 saturated heterocycles. The monoisotopic (exact) mass is 397 g/mol. The lowest BCUT2D eigenvalue weighted by Gasteiger charge is -2.17. The van der Waals surface area contributed by atoms with Crippen LogP contribution in [-0.2, 0) is 27.3 Å². The van der Waals surface area contributed by atoms with Crippen LogP contribution in [0.3, 0.4) is 0 Å². The Labute approximate surface area is 168 Å². The molecule has 152 valence electrons. The number of carboxylic acid groups (broad SMARTS) is 1. The van der Waals surface area contributed by atoms with Gasteiger partial charge in [0.15, 0.2) is 6.10 Å². The van der Waals surface area contributed by atoms with E-state index in [2.05, 4.69) is 5.32 Å². The van der Waals surface area contributed by atoms with E-state index < -0.39 is 18.2 Å². The number of anilines is 1. The number of carboxylic acids is 1. The maximum absolute atomic E-state index is 12.1. The van der Waals surface area contributed by atoms with Gasteiger partial charge in [-0.05, 0) is 55.3 Å². The molecule has 7 heteroatoms. The van der Waals surface area contributed by atoms with Gasteiger partial charge >= 0.3 is 12.1 Å². The van der Waals surface area contributed by atoms with Gasteiger partial charge in [0.05, 0.1) is 12.4 Å². The van der Waals surface area contributed by atoms with Gasteiger partial charge in [0, 0.05) is 17.5 Å². The van der Waals surface area contributed by atoms with E-state index in [4.69, 9.17) is 13.9 Å². The number of furan rings is 1. The van der Waals surface area contributed by atoms with Gasteiger partial charge in [-0.2, -0.15) is 0 Å². The van der Waals surface area contributed by atoms with E-state index in [-0.39, 0.29) is 19.1 Å². The minimum Gasteiger partial charge on any atom is -0.479 e. The largest absolute Gasteiger partial charge is 0.479 e. The van der Waals surface area contributed by atoms with Gasteiger partial charge in [0.25, 0.3) is 0 Å². The summed E-state index contributed by atoms with van der Waals surface area (Å²) >= 11 is 0. The normalized spacial score (nSPS) is 12.1. The Kier molecular flexibility index (Phi) is 6.51. The van der Waals surface area contributed by atoms with Crippen molar-refractivity contribution in [2.75, 3.05) is 5.32 Å². The molecule has 2 aromatic carbocycles. The van der Waals surface area contributed by atoms with Crippen LogP contribution in [0.5, 0.6) is 0 Å². The molecule has 1 aromatic heterocycles. The van der Waals surface area contributed by atoms with E-state index >= 15 is 0 Å². The number of amides is 1. The van der Waals surface area contributed by atoms with Gasteiger partial charge in [-0.3, -0.25) is 5.32 Å². The lowest BCUT2D eigenvalue weighted by molar-refractivity contribution is -0.153. The number of hydrogen-bond acceptors (Lipinski definition) is 5. The number of aliphatic carboxylic acids is 1. The highest BCUT2D eigenvalue weighted by atomic mass is 16.5. The Balaban J connectivity index is 1.57. The number of carbonyl (C=O) groups excluding carboxylic acids is 1. The highest BCUT2D eigenvalue weighted by molar-refractivity contribution is 5.85. The first-order valence-electron chi connectivity index (χ1n) is 9.28. The number of nitrogens with one attached hydrogen (secondary N) is 1. The number of fused-ring (bicyclic) bond motifs is 1. The average molecular weight is 397 g/mol. The van der Waals surface area contributed by atoms with Gasteiger partial charge < -0.3 is 19.0 Å². The molecule has 1 atom stereocenters. The van der Waals surface area contributed by atoms with Crippen molar-refractivity contribution in [3.8, 4) is 0 Å². The molecule has 0 spiro atoms. The molecule has 29 heavy (non-hydrogen) atoms. The van der Waals surface area contributed by atoms with Crippen LogP contribution in [0.4, 0.5) is 10.5 Å². The Morgan fingerprint density at radius 1 is 1.10 bits per heavy atom. The molecular formula is C22H23NO6. The summed E-state index contributed by atoms with van der Waals surface area (Å²) in [6.07, 6.45) is 0.0604. The van der Waals surface area contributed by atoms with Crippen LogP contribution in [0.25, 0.3) is 11.0 Å². The first-order valence-corrected chi connectivity index (χ1v) is 9.28. The molecule has 1 heterocycles. The second-order valence-corrected chi connectivity index (χ2v) is 6.91. The molecule has 0 aliphatic heterocycles. The third-order valence-corrected chi connectivity index (χ3v) is 4.19. The number of rotatable bonds is 8. The molecule has 1 unspecified atom stereocenters. The smallest absolute Gasteiger partial charge is 0.411 e. The van der Waals surface area contributed by atoms with Gasteiger partial charge in [-0.1, -0.05) is 18.2 Å². The van der Waals surface area contributed by atoms with Crippen LogP contribution in [0.1, 0.15) is 25.0 Å². The van der Waals surface area contributed by atoms with E-state index in [9.17, 15) is 14.7 Å². The van der Waals surface area contributed by atoms with Crippen LogP contribution in [0, 0.1) is 0 Å². The maximum atomic E-state index is 12.1. The predicted octanol–water partition coefficient (Wildman–Crippen LogP) is 4.60. The summed E-state index contributed by atoms with van der Waals surface area (Å²) in [5.74, 6) is -1.02. The lowest BCUT2D eigenvalue weighted by atomic mass is 10.1. The Bertz CT molecular complexity index is 994. The fraction of sp³-hybridized carbons (Fsp3) is 0.273. The van der Waals surface area contributed by atoms with Crippen LogP contribution < -0.4 is 5.32 Å². The topological polar surface area (TPSA) is 98.0 Å². The van der Waals surface area contributed by atoms with Crippen LogP contribution >= 0.6 is 0 Å². The van der Waals surface area contributed by atoms with E-state index in [1.165, 1.54) is 0 Å². The maximum Gasteiger partial charge on any atom is 0.411 e. The molecule has 2 N–H and O–H groups in total. The first kappa shape index (κ1) is 20.4. The predicted molar refractivity (Wildman–Crippen MR) is 108 cm³/mol. The standard InChI is InChI=1S/C22H23NO6/c1-14(2)29-20(21(24)25)12-15-4-3-5-18(11-15)23-22(26)28-13-16-6-7-19-17(10-16)8-9-27-19/h3-11,14,20H,12-13H2,1-2H3,(H,23,26)(H,24,25). The van der Waals surface area contributed by atoms with E-state index in [1.54, 1.807) is 44.4 Å². The van der Waals surface area contributed by atoms with Crippen LogP contribution in [-0.4, -0.2) is 29.4 Å². The first-order chi connectivity index (χ1) is 13.9. The molecule has 1 amide bonds. The Hall–Kier alpha value is -3.32. The molecular weight excluding hydrogens is 374 g/mol. The fourth-order valence-electron chi connectivity index (χ4n) is 2.92. The SMILES string of the molecule is CC(C)OC(Cc1cccc(NC(=O)OCc2ccc3occc3c2)c1)C(=O)O. The average Bonchev–Trinajstić information content (AvgIpc) is 3.13. The van der Waals surface area contributed by atoms with Crippen molar-refractivity contribution in [3.05, 3.63) is 65.9 Å². The highest BCUT2D eigenvalue weighted by Gasteiger charge is 2.20. The zero-order valence-electron chi connectivity index (χ0n) is 16.3. The molecule has 0 saturated carbocycles. The molecule has 3 aromatic rings. The Morgan fingerprint density at radius 2 is 1.93 bits per heavy atom. The highest BCUT2D eigenvalue weighted by Crippen LogP contribution is 2.18. The summed E-state index contributed by atoms with van der Waals surface area (Å²) in [6, 6.07) is 14.3. The summed E-state index contributed by atoms with van der Waals surface area (Å²) in [4.78, 5) is 23.5. The number of hydrogen-bond donors (Lipinski definition) is 2. The molecule has 0 aliphatic rings. The number of benzene rings is 2. The Morgan fingerprint density at radius 3 is 2.69 bits per heavy atom. The fourth-order valence-corrected chi connectivity index (χ4v) is 2.92. The summed E-state index contributed by atoms with van der Waals surface area (Å²) < 4.78 is 16.0. The van der Waals surface area contributed by atoms with E-state index in [0.29, 0.717) is 5.69 Å². The van der Waals surface area contributed by atoms with Crippen LogP contribution in [0.15, 0.2) is 59.2 Å². The third kappa shape index (κ3) is 5.83. The zero-order valence-corrected chi connectivity index (χ0v) is 16.3. The summed E-state index contributed by atoms with van der Waals surface area (Å²) in [6.45, 7) is 3.69. The summed E-state index contributed by atoms with van der Waals surface area (Å²) in [5, 5.41) is 12.9. The second kappa shape index (κ2) is 9.25. The quantitative estimate of drug-likeness (QED) is 0.576. The van der Waals surface area contributed by atoms with Crippen molar-refractivity contribution in [1.29, 1.82) is 0 Å². The molecule has 0 aliphatic carbocycles. The van der Waals surface area contributed by atoms with Gasteiger partial charge in [-0.15, -0.1) is 0 Å². The molecule has 0 radical (unpaired) electrons. The van der Waals surface area contributed by atoms with E-state index in [1.807, 2.05) is 24.3 Å². The number of ether oxygens (including phenoxy) is 2. The zero-order chi connectivity index (χ0) is 20.8. The third-order valence-electron chi connectivity index (χ3n) is 4.19. The second-order valence-electron chi connectivity index (χ2n) is 6.91. The minimum atomic E-state index is -1.02. The van der Waals surface area contributed by atoms with Crippen molar-refractivity contribution in [3.63, 3.8) is 0 Å². The summed E-state index contributed by atoms with van der Waals surface area (Å²) in [7, 11) is 0. The lowest BCUT2D eigenvalue weighted by Crippen LogP contribution is -2.29. The van der Waals surface area contributed by atoms with Crippen molar-refractivity contribution >= 4 is 28.7 Å². The van der Waals surface area contributed by atoms with Crippen molar-refractivity contribution in [1.82, 2.24) is 0 Å². The molecule has 0 bridgehead atoms. The van der Waals surface area contributed by atoms with Crippen molar-refractivity contribution in [2.24, 2.45) is 0 Å². The minimum absolute atomic E-state index is 0.121. The molecule has 7 nitrogen and oxygen atoms in total. The van der Waals surface area contributed by atoms with Gasteiger partial charge in [-0.25, -0.2) is 9.59 Å². The molecule has 3 rings (SSSR count). The van der Waals surface area contributed by atoms with Gasteiger partial charge in [0.2, 0.25) is 0 Å². The number of carbonyl (C=O) groups is 2. The van der Waals surface area contributed by atoms with Crippen molar-refractivity contribution < 1.29 is 28.6 Å². The molecule has 0 fully saturated rings.